The van der Waals surface area contributed by atoms with Crippen molar-refractivity contribution in [3.8, 4) is 11.5 Å². The maximum atomic E-state index is 12.5. The molecule has 6 nitrogen and oxygen atoms in total. The van der Waals surface area contributed by atoms with Crippen molar-refractivity contribution >= 4 is 39.5 Å². The quantitative estimate of drug-likeness (QED) is 0.625. The van der Waals surface area contributed by atoms with E-state index in [1.165, 1.54) is 18.2 Å². The minimum atomic E-state index is -0.540. The Hall–Kier alpha value is -2.80. The van der Waals surface area contributed by atoms with Gasteiger partial charge in [-0.25, -0.2) is 5.01 Å². The highest BCUT2D eigenvalue weighted by atomic mass is 79.9. The third kappa shape index (κ3) is 2.85. The van der Waals surface area contributed by atoms with Crippen molar-refractivity contribution in [1.29, 1.82) is 0 Å². The van der Waals surface area contributed by atoms with E-state index < -0.39 is 11.8 Å². The molecule has 0 spiro atoms. The van der Waals surface area contributed by atoms with Crippen molar-refractivity contribution in [2.45, 2.75) is 0 Å². The SMILES string of the molecule is COc1cc(Br)cc(/C=C2\C(=O)NN(c3ccccc3)C2=O)c1O. The van der Waals surface area contributed by atoms with Crippen LogP contribution in [0, 0.1) is 0 Å². The molecule has 0 bridgehead atoms. The number of anilines is 1. The lowest BCUT2D eigenvalue weighted by Crippen LogP contribution is -2.35. The van der Waals surface area contributed by atoms with Crippen molar-refractivity contribution in [3.05, 3.63) is 58.1 Å². The molecule has 7 heteroatoms. The third-order valence-corrected chi connectivity index (χ3v) is 3.95. The summed E-state index contributed by atoms with van der Waals surface area (Å²) in [7, 11) is 1.42. The Morgan fingerprint density at radius 2 is 1.92 bits per heavy atom. The predicted octanol–water partition coefficient (Wildman–Crippen LogP) is 2.62. The Morgan fingerprint density at radius 1 is 1.21 bits per heavy atom. The minimum Gasteiger partial charge on any atom is -0.504 e. The van der Waals surface area contributed by atoms with Crippen LogP contribution in [0.5, 0.6) is 11.5 Å². The molecule has 0 atom stereocenters. The molecular formula is C17H13BrN2O4. The average molecular weight is 389 g/mol. The number of hydrogen-bond acceptors (Lipinski definition) is 4. The van der Waals surface area contributed by atoms with Crippen molar-refractivity contribution in [1.82, 2.24) is 5.43 Å². The molecule has 0 saturated carbocycles. The summed E-state index contributed by atoms with van der Waals surface area (Å²) in [5, 5.41) is 11.3. The number of methoxy groups -OCH3 is 1. The van der Waals surface area contributed by atoms with Crippen LogP contribution in [0.1, 0.15) is 5.56 Å². The molecule has 24 heavy (non-hydrogen) atoms. The molecule has 2 N–H and O–H groups in total. The van der Waals surface area contributed by atoms with E-state index in [1.54, 1.807) is 36.4 Å². The zero-order chi connectivity index (χ0) is 17.3. The number of benzene rings is 2. The van der Waals surface area contributed by atoms with Crippen molar-refractivity contribution in [3.63, 3.8) is 0 Å². The lowest BCUT2D eigenvalue weighted by molar-refractivity contribution is -0.117. The first-order valence-electron chi connectivity index (χ1n) is 7.00. The number of phenols is 1. The smallest absolute Gasteiger partial charge is 0.282 e. The number of phenolic OH excluding ortho intramolecular Hbond substituents is 1. The average Bonchev–Trinajstić information content (AvgIpc) is 2.86. The number of nitrogens with zero attached hydrogens (tertiary/aromatic N) is 1. The highest BCUT2D eigenvalue weighted by Gasteiger charge is 2.34. The van der Waals surface area contributed by atoms with Crippen LogP contribution < -0.4 is 15.2 Å². The van der Waals surface area contributed by atoms with Gasteiger partial charge in [0.15, 0.2) is 11.5 Å². The number of hydrogen-bond donors (Lipinski definition) is 2. The summed E-state index contributed by atoms with van der Waals surface area (Å²) < 4.78 is 5.72. The molecule has 3 rings (SSSR count). The second-order valence-electron chi connectivity index (χ2n) is 5.02. The fourth-order valence-corrected chi connectivity index (χ4v) is 2.79. The van der Waals surface area contributed by atoms with Gasteiger partial charge in [0.2, 0.25) is 0 Å². The standard InChI is InChI=1S/C17H13BrN2O4/c1-24-14-9-11(18)7-10(15(14)21)8-13-16(22)19-20(17(13)23)12-5-3-2-4-6-12/h2-9,21H,1H3,(H,19,22)/b13-8+. The first kappa shape index (κ1) is 16.1. The van der Waals surface area contributed by atoms with Crippen LogP contribution in [0.3, 0.4) is 0 Å². The summed E-state index contributed by atoms with van der Waals surface area (Å²) in [4.78, 5) is 24.7. The molecule has 2 aromatic rings. The lowest BCUT2D eigenvalue weighted by Gasteiger charge is -2.13. The Balaban J connectivity index is 2.01. The number of nitrogens with one attached hydrogen (secondary N) is 1. The van der Waals surface area contributed by atoms with Gasteiger partial charge < -0.3 is 9.84 Å². The summed E-state index contributed by atoms with van der Waals surface area (Å²) in [6.45, 7) is 0. The number of rotatable bonds is 3. The number of amides is 2. The molecule has 0 aliphatic carbocycles. The summed E-state index contributed by atoms with van der Waals surface area (Å²) >= 11 is 3.30. The first-order chi connectivity index (χ1) is 11.5. The summed E-state index contributed by atoms with van der Waals surface area (Å²) in [6.07, 6.45) is 1.34. The van der Waals surface area contributed by atoms with Crippen LogP contribution in [0.25, 0.3) is 6.08 Å². The molecule has 122 valence electrons. The van der Waals surface area contributed by atoms with Crippen LogP contribution in [0.4, 0.5) is 5.69 Å². The van der Waals surface area contributed by atoms with Crippen LogP contribution in [0.2, 0.25) is 0 Å². The number of carbonyl (C=O) groups excluding carboxylic acids is 2. The Morgan fingerprint density at radius 3 is 2.58 bits per heavy atom. The largest absolute Gasteiger partial charge is 0.504 e. The second-order valence-corrected chi connectivity index (χ2v) is 5.94. The van der Waals surface area contributed by atoms with Crippen LogP contribution in [0.15, 0.2) is 52.5 Å². The van der Waals surface area contributed by atoms with Gasteiger partial charge in [0, 0.05) is 10.0 Å². The van der Waals surface area contributed by atoms with E-state index >= 15 is 0 Å². The van der Waals surface area contributed by atoms with Gasteiger partial charge in [-0.15, -0.1) is 0 Å². The number of hydrazine groups is 1. The summed E-state index contributed by atoms with van der Waals surface area (Å²) in [5.74, 6) is -0.944. The van der Waals surface area contributed by atoms with Gasteiger partial charge in [0.1, 0.15) is 5.57 Å². The second kappa shape index (κ2) is 6.37. The molecule has 1 aliphatic rings. The van der Waals surface area contributed by atoms with Gasteiger partial charge in [-0.1, -0.05) is 34.1 Å². The van der Waals surface area contributed by atoms with Gasteiger partial charge in [-0.3, -0.25) is 15.0 Å². The molecule has 0 unspecified atom stereocenters. The van der Waals surface area contributed by atoms with E-state index in [1.807, 2.05) is 6.07 Å². The maximum absolute atomic E-state index is 12.5. The van der Waals surface area contributed by atoms with Crippen molar-refractivity contribution in [2.24, 2.45) is 0 Å². The van der Waals surface area contributed by atoms with E-state index in [4.69, 9.17) is 4.74 Å². The van der Waals surface area contributed by atoms with Crippen LogP contribution in [-0.2, 0) is 9.59 Å². The number of ether oxygens (including phenoxy) is 1. The van der Waals surface area contributed by atoms with Gasteiger partial charge in [0.25, 0.3) is 11.8 Å². The van der Waals surface area contributed by atoms with Gasteiger partial charge >= 0.3 is 0 Å². The molecule has 2 amide bonds. The normalized spacial score (nSPS) is 15.8. The first-order valence-corrected chi connectivity index (χ1v) is 7.79. The third-order valence-electron chi connectivity index (χ3n) is 3.49. The molecule has 1 saturated heterocycles. The predicted molar refractivity (Wildman–Crippen MR) is 92.4 cm³/mol. The molecule has 1 aliphatic heterocycles. The zero-order valence-corrected chi connectivity index (χ0v) is 14.2. The minimum absolute atomic E-state index is 0.0747. The highest BCUT2D eigenvalue weighted by molar-refractivity contribution is 9.10. The topological polar surface area (TPSA) is 78.9 Å². The van der Waals surface area contributed by atoms with E-state index in [9.17, 15) is 14.7 Å². The summed E-state index contributed by atoms with van der Waals surface area (Å²) in [6, 6.07) is 11.9. The molecule has 1 heterocycles. The molecule has 1 fully saturated rings. The van der Waals surface area contributed by atoms with E-state index in [2.05, 4.69) is 21.4 Å². The fourth-order valence-electron chi connectivity index (χ4n) is 2.33. The number of halogens is 1. The number of para-hydroxylation sites is 1. The Kier molecular flexibility index (Phi) is 4.26. The van der Waals surface area contributed by atoms with Gasteiger partial charge in [-0.2, -0.15) is 0 Å². The maximum Gasteiger partial charge on any atom is 0.282 e. The van der Waals surface area contributed by atoms with E-state index in [0.29, 0.717) is 15.7 Å². The summed E-state index contributed by atoms with van der Waals surface area (Å²) in [5.41, 5.74) is 3.28. The number of aromatic hydroxyl groups is 1. The molecule has 0 radical (unpaired) electrons. The molecule has 0 aromatic heterocycles. The monoisotopic (exact) mass is 388 g/mol. The van der Waals surface area contributed by atoms with Crippen LogP contribution >= 0.6 is 15.9 Å². The van der Waals surface area contributed by atoms with Crippen molar-refractivity contribution in [2.75, 3.05) is 12.1 Å². The van der Waals surface area contributed by atoms with Gasteiger partial charge in [-0.05, 0) is 30.3 Å². The molecule has 2 aromatic carbocycles. The Labute approximate surface area is 146 Å². The lowest BCUT2D eigenvalue weighted by atomic mass is 10.1. The van der Waals surface area contributed by atoms with Crippen LogP contribution in [-0.4, -0.2) is 24.0 Å². The van der Waals surface area contributed by atoms with E-state index in [-0.39, 0.29) is 17.1 Å². The van der Waals surface area contributed by atoms with Crippen molar-refractivity contribution < 1.29 is 19.4 Å². The number of carbonyl (C=O) groups is 2. The zero-order valence-electron chi connectivity index (χ0n) is 12.6. The fraction of sp³-hybridized carbons (Fsp3) is 0.0588. The Bertz CT molecular complexity index is 849. The highest BCUT2D eigenvalue weighted by Crippen LogP contribution is 2.35. The molecular weight excluding hydrogens is 376 g/mol. The van der Waals surface area contributed by atoms with Gasteiger partial charge in [0.05, 0.1) is 12.8 Å². The van der Waals surface area contributed by atoms with E-state index in [0.717, 1.165) is 0 Å².